The standard InChI is InChI=1S/C20H20FN7OS/c21-12-3-1-8-23-17(12)20(6-2-7-20)11-24-16-5-4-13(26-27-16)14-9-28-15(18(22)29)10-30-19(28)25-14/h1,3-5,8-9,15H,2,6-7,10-11H2,(H2,22,29)(H,24,27). The number of nitrogens with one attached hydrogen (secondary N) is 1. The summed E-state index contributed by atoms with van der Waals surface area (Å²) in [5, 5.41) is 12.5. The SMILES string of the molecule is NC(=O)C1CSc2nc(-c3ccc(NCC4(c5ncccc5F)CCC4)nn3)cn21. The molecule has 4 heterocycles. The summed E-state index contributed by atoms with van der Waals surface area (Å²) in [5.74, 6) is 0.577. The van der Waals surface area contributed by atoms with E-state index in [0.717, 1.165) is 24.4 Å². The molecule has 0 saturated heterocycles. The molecule has 3 N–H and O–H groups in total. The second-order valence-electron chi connectivity index (χ2n) is 7.67. The summed E-state index contributed by atoms with van der Waals surface area (Å²) in [6.07, 6.45) is 6.25. The number of amides is 1. The van der Waals surface area contributed by atoms with Crippen molar-refractivity contribution in [1.82, 2.24) is 24.7 Å². The Labute approximate surface area is 176 Å². The van der Waals surface area contributed by atoms with Gasteiger partial charge in [0.05, 0.1) is 5.69 Å². The van der Waals surface area contributed by atoms with Crippen molar-refractivity contribution >= 4 is 23.5 Å². The lowest BCUT2D eigenvalue weighted by Crippen LogP contribution is -2.42. The van der Waals surface area contributed by atoms with Gasteiger partial charge in [0.15, 0.2) is 5.16 Å². The zero-order chi connectivity index (χ0) is 20.7. The fourth-order valence-electron chi connectivity index (χ4n) is 3.98. The fourth-order valence-corrected chi connectivity index (χ4v) is 5.11. The Morgan fingerprint density at radius 1 is 1.30 bits per heavy atom. The lowest BCUT2D eigenvalue weighted by atomic mass is 9.66. The third kappa shape index (κ3) is 3.20. The van der Waals surface area contributed by atoms with Crippen LogP contribution in [-0.2, 0) is 10.2 Å². The number of imidazole rings is 1. The molecule has 1 unspecified atom stereocenters. The Morgan fingerprint density at radius 2 is 2.17 bits per heavy atom. The second-order valence-corrected chi connectivity index (χ2v) is 8.66. The minimum atomic E-state index is -0.384. The van der Waals surface area contributed by atoms with Gasteiger partial charge in [0.25, 0.3) is 0 Å². The summed E-state index contributed by atoms with van der Waals surface area (Å²) in [4.78, 5) is 20.4. The molecule has 154 valence electrons. The van der Waals surface area contributed by atoms with Gasteiger partial charge < -0.3 is 15.6 Å². The van der Waals surface area contributed by atoms with Crippen molar-refractivity contribution < 1.29 is 9.18 Å². The summed E-state index contributed by atoms with van der Waals surface area (Å²) < 4.78 is 16.1. The third-order valence-electron chi connectivity index (χ3n) is 5.84. The second kappa shape index (κ2) is 7.35. The molecule has 1 amide bonds. The maximum Gasteiger partial charge on any atom is 0.241 e. The van der Waals surface area contributed by atoms with Gasteiger partial charge in [-0.1, -0.05) is 18.2 Å². The molecule has 3 aromatic rings. The first-order valence-electron chi connectivity index (χ1n) is 9.76. The van der Waals surface area contributed by atoms with Crippen LogP contribution in [0, 0.1) is 5.82 Å². The first kappa shape index (κ1) is 19.0. The number of fused-ring (bicyclic) bond motifs is 1. The molecule has 0 spiro atoms. The zero-order valence-corrected chi connectivity index (χ0v) is 16.9. The molecule has 0 aromatic carbocycles. The van der Waals surface area contributed by atoms with E-state index in [0.29, 0.717) is 35.2 Å². The molecule has 10 heteroatoms. The Hall–Kier alpha value is -3.01. The van der Waals surface area contributed by atoms with Gasteiger partial charge in [0, 0.05) is 30.1 Å². The van der Waals surface area contributed by atoms with Crippen molar-refractivity contribution in [2.24, 2.45) is 5.73 Å². The number of carbonyl (C=O) groups is 1. The number of aromatic nitrogens is 5. The van der Waals surface area contributed by atoms with E-state index in [4.69, 9.17) is 5.73 Å². The zero-order valence-electron chi connectivity index (χ0n) is 16.1. The van der Waals surface area contributed by atoms with Crippen LogP contribution in [0.3, 0.4) is 0 Å². The maximum atomic E-state index is 14.3. The van der Waals surface area contributed by atoms with Crippen molar-refractivity contribution in [3.63, 3.8) is 0 Å². The molecule has 1 aliphatic carbocycles. The lowest BCUT2D eigenvalue weighted by molar-refractivity contribution is -0.120. The fraction of sp³-hybridized carbons (Fsp3) is 0.350. The maximum absolute atomic E-state index is 14.3. The highest BCUT2D eigenvalue weighted by Gasteiger charge is 2.41. The van der Waals surface area contributed by atoms with Gasteiger partial charge in [-0.2, -0.15) is 0 Å². The van der Waals surface area contributed by atoms with Crippen LogP contribution in [0.25, 0.3) is 11.4 Å². The van der Waals surface area contributed by atoms with Crippen LogP contribution in [-0.4, -0.2) is 42.9 Å². The van der Waals surface area contributed by atoms with Crippen LogP contribution in [0.1, 0.15) is 31.0 Å². The minimum Gasteiger partial charge on any atom is -0.368 e. The van der Waals surface area contributed by atoms with E-state index in [1.807, 2.05) is 12.1 Å². The molecule has 2 aliphatic rings. The average molecular weight is 425 g/mol. The largest absolute Gasteiger partial charge is 0.368 e. The number of primary amides is 1. The van der Waals surface area contributed by atoms with Crippen LogP contribution in [0.5, 0.6) is 0 Å². The van der Waals surface area contributed by atoms with Gasteiger partial charge in [-0.3, -0.25) is 9.78 Å². The van der Waals surface area contributed by atoms with Gasteiger partial charge in [-0.05, 0) is 37.1 Å². The van der Waals surface area contributed by atoms with Crippen LogP contribution >= 0.6 is 11.8 Å². The molecular formula is C20H20FN7OS. The highest BCUT2D eigenvalue weighted by atomic mass is 32.2. The number of anilines is 1. The quantitative estimate of drug-likeness (QED) is 0.624. The number of hydrogen-bond acceptors (Lipinski definition) is 7. The predicted octanol–water partition coefficient (Wildman–Crippen LogP) is 2.54. The number of thioether (sulfide) groups is 1. The Balaban J connectivity index is 1.30. The molecule has 1 aliphatic heterocycles. The lowest BCUT2D eigenvalue weighted by Gasteiger charge is -2.41. The van der Waals surface area contributed by atoms with Crippen LogP contribution in [0.2, 0.25) is 0 Å². The molecule has 1 saturated carbocycles. The van der Waals surface area contributed by atoms with Crippen LogP contribution in [0.4, 0.5) is 10.2 Å². The normalized spacial score (nSPS) is 19.2. The molecule has 1 atom stereocenters. The van der Waals surface area contributed by atoms with Gasteiger partial charge in [0.2, 0.25) is 5.91 Å². The van der Waals surface area contributed by atoms with Gasteiger partial charge >= 0.3 is 0 Å². The van der Waals surface area contributed by atoms with E-state index in [1.54, 1.807) is 23.0 Å². The summed E-state index contributed by atoms with van der Waals surface area (Å²) in [7, 11) is 0. The molecule has 30 heavy (non-hydrogen) atoms. The van der Waals surface area contributed by atoms with Crippen molar-refractivity contribution in [1.29, 1.82) is 0 Å². The highest BCUT2D eigenvalue weighted by Crippen LogP contribution is 2.43. The number of pyridine rings is 1. The highest BCUT2D eigenvalue weighted by molar-refractivity contribution is 7.99. The Bertz CT molecular complexity index is 1100. The first-order chi connectivity index (χ1) is 14.6. The molecule has 3 aromatic heterocycles. The van der Waals surface area contributed by atoms with E-state index in [9.17, 15) is 9.18 Å². The predicted molar refractivity (Wildman–Crippen MR) is 110 cm³/mol. The Kier molecular flexibility index (Phi) is 4.65. The third-order valence-corrected chi connectivity index (χ3v) is 6.88. The summed E-state index contributed by atoms with van der Waals surface area (Å²) >= 11 is 1.50. The summed E-state index contributed by atoms with van der Waals surface area (Å²) in [6, 6.07) is 6.34. The monoisotopic (exact) mass is 425 g/mol. The van der Waals surface area contributed by atoms with Crippen LogP contribution < -0.4 is 11.1 Å². The van der Waals surface area contributed by atoms with Crippen molar-refractivity contribution in [2.75, 3.05) is 17.6 Å². The first-order valence-corrected chi connectivity index (χ1v) is 10.7. The molecule has 0 radical (unpaired) electrons. The van der Waals surface area contributed by atoms with Crippen molar-refractivity contribution in [3.8, 4) is 11.4 Å². The Morgan fingerprint density at radius 3 is 2.83 bits per heavy atom. The summed E-state index contributed by atoms with van der Waals surface area (Å²) in [6.45, 7) is 0.546. The van der Waals surface area contributed by atoms with E-state index in [-0.39, 0.29) is 23.2 Å². The smallest absolute Gasteiger partial charge is 0.241 e. The van der Waals surface area contributed by atoms with E-state index in [2.05, 4.69) is 25.5 Å². The van der Waals surface area contributed by atoms with Gasteiger partial charge in [-0.25, -0.2) is 9.37 Å². The van der Waals surface area contributed by atoms with Crippen molar-refractivity contribution in [3.05, 3.63) is 48.2 Å². The van der Waals surface area contributed by atoms with Crippen LogP contribution in [0.15, 0.2) is 41.8 Å². The molecule has 1 fully saturated rings. The van der Waals surface area contributed by atoms with E-state index in [1.165, 1.54) is 17.8 Å². The number of carbonyl (C=O) groups excluding carboxylic acids is 1. The summed E-state index contributed by atoms with van der Waals surface area (Å²) in [5.41, 5.74) is 6.92. The molecule has 8 nitrogen and oxygen atoms in total. The number of nitrogens with zero attached hydrogens (tertiary/aromatic N) is 5. The molecular weight excluding hydrogens is 405 g/mol. The minimum absolute atomic E-state index is 0.264. The van der Waals surface area contributed by atoms with Gasteiger partial charge in [0.1, 0.15) is 29.1 Å². The number of rotatable bonds is 6. The van der Waals surface area contributed by atoms with Crippen molar-refractivity contribution in [2.45, 2.75) is 35.9 Å². The molecule has 5 rings (SSSR count). The average Bonchev–Trinajstić information content (AvgIpc) is 3.29. The number of halogens is 1. The topological polar surface area (TPSA) is 112 Å². The van der Waals surface area contributed by atoms with E-state index < -0.39 is 0 Å². The van der Waals surface area contributed by atoms with E-state index >= 15 is 0 Å². The van der Waals surface area contributed by atoms with Gasteiger partial charge in [-0.15, -0.1) is 10.2 Å². The number of nitrogens with two attached hydrogens (primary N) is 1. The molecule has 0 bridgehead atoms. The number of hydrogen-bond donors (Lipinski definition) is 2.